The number of nitrogens with zero attached hydrogens (tertiary/aromatic N) is 3. The van der Waals surface area contributed by atoms with Gasteiger partial charge in [0.1, 0.15) is 6.61 Å². The average molecular weight is 441 g/mol. The minimum atomic E-state index is -3.81. The number of rotatable bonds is 8. The lowest BCUT2D eigenvalue weighted by atomic mass is 10.1. The maximum atomic E-state index is 12.8. The van der Waals surface area contributed by atoms with Gasteiger partial charge in [0.05, 0.1) is 11.4 Å². The number of aromatic nitrogens is 2. The SMILES string of the molecule is Cc1ccc(S(=O)(=O)N(C)CC(=O)Nc2ncccc2OCc2ccncc2)cc1C. The summed E-state index contributed by atoms with van der Waals surface area (Å²) in [5.41, 5.74) is 2.77. The maximum Gasteiger partial charge on any atom is 0.243 e. The second-order valence-electron chi connectivity index (χ2n) is 7.05. The Bertz CT molecular complexity index is 1170. The van der Waals surface area contributed by atoms with Gasteiger partial charge in [0.25, 0.3) is 0 Å². The first-order valence-electron chi connectivity index (χ1n) is 9.57. The summed E-state index contributed by atoms with van der Waals surface area (Å²) >= 11 is 0. The van der Waals surface area contributed by atoms with Crippen molar-refractivity contribution >= 4 is 21.7 Å². The molecule has 0 aliphatic heterocycles. The molecule has 31 heavy (non-hydrogen) atoms. The molecular weight excluding hydrogens is 416 g/mol. The van der Waals surface area contributed by atoms with Crippen molar-refractivity contribution in [3.63, 3.8) is 0 Å². The van der Waals surface area contributed by atoms with Crippen LogP contribution in [0.3, 0.4) is 0 Å². The van der Waals surface area contributed by atoms with Crippen molar-refractivity contribution in [2.45, 2.75) is 25.3 Å². The molecule has 9 heteroatoms. The third-order valence-electron chi connectivity index (χ3n) is 4.73. The van der Waals surface area contributed by atoms with Crippen molar-refractivity contribution in [1.29, 1.82) is 0 Å². The lowest BCUT2D eigenvalue weighted by molar-refractivity contribution is -0.116. The number of nitrogens with one attached hydrogen (secondary N) is 1. The molecule has 2 aromatic heterocycles. The summed E-state index contributed by atoms with van der Waals surface area (Å²) in [6, 6.07) is 11.9. The van der Waals surface area contributed by atoms with Crippen LogP contribution in [0.25, 0.3) is 0 Å². The standard InChI is InChI=1S/C22H24N4O4S/c1-16-6-7-19(13-17(16)2)31(28,29)26(3)14-21(27)25-22-20(5-4-10-24-22)30-15-18-8-11-23-12-9-18/h4-13H,14-15H2,1-3H3,(H,24,25,27). The van der Waals surface area contributed by atoms with Crippen LogP contribution < -0.4 is 10.1 Å². The molecule has 0 fully saturated rings. The van der Waals surface area contributed by atoms with Crippen LogP contribution in [-0.2, 0) is 21.4 Å². The number of hydrogen-bond acceptors (Lipinski definition) is 6. The smallest absolute Gasteiger partial charge is 0.243 e. The molecule has 3 rings (SSSR count). The van der Waals surface area contributed by atoms with Crippen LogP contribution in [0, 0.1) is 13.8 Å². The first-order valence-corrected chi connectivity index (χ1v) is 11.0. The third-order valence-corrected chi connectivity index (χ3v) is 6.52. The van der Waals surface area contributed by atoms with E-state index in [2.05, 4.69) is 15.3 Å². The van der Waals surface area contributed by atoms with Crippen molar-refractivity contribution in [2.75, 3.05) is 18.9 Å². The second-order valence-corrected chi connectivity index (χ2v) is 9.09. The molecule has 1 amide bonds. The quantitative estimate of drug-likeness (QED) is 0.578. The summed E-state index contributed by atoms with van der Waals surface area (Å²) in [5, 5.41) is 2.63. The highest BCUT2D eigenvalue weighted by atomic mass is 32.2. The number of aryl methyl sites for hydroxylation is 2. The first kappa shape index (κ1) is 22.4. The molecule has 8 nitrogen and oxygen atoms in total. The Hall–Kier alpha value is -3.30. The zero-order valence-electron chi connectivity index (χ0n) is 17.6. The van der Waals surface area contributed by atoms with Crippen molar-refractivity contribution in [2.24, 2.45) is 0 Å². The molecule has 0 aliphatic rings. The van der Waals surface area contributed by atoms with Gasteiger partial charge in [-0.25, -0.2) is 13.4 Å². The van der Waals surface area contributed by atoms with Gasteiger partial charge >= 0.3 is 0 Å². The van der Waals surface area contributed by atoms with Gasteiger partial charge in [0.2, 0.25) is 15.9 Å². The Morgan fingerprint density at radius 2 is 1.81 bits per heavy atom. The molecule has 0 atom stereocenters. The van der Waals surface area contributed by atoms with E-state index in [1.807, 2.05) is 26.0 Å². The van der Waals surface area contributed by atoms with Gasteiger partial charge in [-0.3, -0.25) is 9.78 Å². The molecule has 0 saturated heterocycles. The number of carbonyl (C=O) groups excluding carboxylic acids is 1. The molecule has 1 aromatic carbocycles. The van der Waals surface area contributed by atoms with Crippen LogP contribution in [0.1, 0.15) is 16.7 Å². The molecular formula is C22H24N4O4S. The summed E-state index contributed by atoms with van der Waals surface area (Å²) < 4.78 is 32.4. The third kappa shape index (κ3) is 5.65. The van der Waals surface area contributed by atoms with E-state index in [0.717, 1.165) is 21.0 Å². The second kappa shape index (κ2) is 9.67. The average Bonchev–Trinajstić information content (AvgIpc) is 2.75. The van der Waals surface area contributed by atoms with Crippen molar-refractivity contribution in [3.8, 4) is 5.75 Å². The highest BCUT2D eigenvalue weighted by molar-refractivity contribution is 7.89. The van der Waals surface area contributed by atoms with Crippen LogP contribution in [0.15, 0.2) is 66.0 Å². The Kier molecular flexibility index (Phi) is 6.98. The van der Waals surface area contributed by atoms with E-state index >= 15 is 0 Å². The number of amides is 1. The van der Waals surface area contributed by atoms with Crippen molar-refractivity contribution in [3.05, 3.63) is 77.7 Å². The van der Waals surface area contributed by atoms with Gasteiger partial charge < -0.3 is 10.1 Å². The van der Waals surface area contributed by atoms with Gasteiger partial charge in [0.15, 0.2) is 11.6 Å². The fourth-order valence-corrected chi connectivity index (χ4v) is 3.97. The van der Waals surface area contributed by atoms with Gasteiger partial charge in [-0.05, 0) is 66.9 Å². The highest BCUT2D eigenvalue weighted by Gasteiger charge is 2.24. The zero-order valence-corrected chi connectivity index (χ0v) is 18.4. The summed E-state index contributed by atoms with van der Waals surface area (Å²) in [4.78, 5) is 20.8. The van der Waals surface area contributed by atoms with Gasteiger partial charge in [-0.15, -0.1) is 0 Å². The minimum Gasteiger partial charge on any atom is -0.485 e. The number of ether oxygens (including phenoxy) is 1. The molecule has 0 spiro atoms. The van der Waals surface area contributed by atoms with Gasteiger partial charge in [-0.2, -0.15) is 4.31 Å². The lowest BCUT2D eigenvalue weighted by Gasteiger charge is -2.18. The van der Waals surface area contributed by atoms with E-state index in [1.165, 1.54) is 19.3 Å². The van der Waals surface area contributed by atoms with E-state index < -0.39 is 15.9 Å². The largest absolute Gasteiger partial charge is 0.485 e. The predicted octanol–water partition coefficient (Wildman–Crippen LogP) is 2.93. The van der Waals surface area contributed by atoms with Crippen LogP contribution in [-0.4, -0.2) is 42.2 Å². The summed E-state index contributed by atoms with van der Waals surface area (Å²) in [7, 11) is -2.44. The first-order chi connectivity index (χ1) is 14.8. The Balaban J connectivity index is 1.67. The number of pyridine rings is 2. The number of likely N-dealkylation sites (N-methyl/N-ethyl adjacent to an activating group) is 1. The van der Waals surface area contributed by atoms with Crippen LogP contribution in [0.5, 0.6) is 5.75 Å². The van der Waals surface area contributed by atoms with E-state index in [9.17, 15) is 13.2 Å². The molecule has 0 saturated carbocycles. The molecule has 0 radical (unpaired) electrons. The molecule has 0 unspecified atom stereocenters. The molecule has 0 bridgehead atoms. The highest BCUT2D eigenvalue weighted by Crippen LogP contribution is 2.23. The normalized spacial score (nSPS) is 11.4. The van der Waals surface area contributed by atoms with E-state index in [4.69, 9.17) is 4.74 Å². The molecule has 1 N–H and O–H groups in total. The number of anilines is 1. The van der Waals surface area contributed by atoms with Gasteiger partial charge in [0, 0.05) is 25.6 Å². The lowest BCUT2D eigenvalue weighted by Crippen LogP contribution is -2.35. The summed E-state index contributed by atoms with van der Waals surface area (Å²) in [6.07, 6.45) is 4.84. The van der Waals surface area contributed by atoms with Crippen molar-refractivity contribution < 1.29 is 17.9 Å². The Morgan fingerprint density at radius 1 is 1.06 bits per heavy atom. The minimum absolute atomic E-state index is 0.144. The molecule has 162 valence electrons. The van der Waals surface area contributed by atoms with Crippen molar-refractivity contribution in [1.82, 2.24) is 14.3 Å². The number of hydrogen-bond donors (Lipinski definition) is 1. The Morgan fingerprint density at radius 3 is 2.52 bits per heavy atom. The molecule has 3 aromatic rings. The van der Waals surface area contributed by atoms with E-state index in [-0.39, 0.29) is 23.9 Å². The molecule has 2 heterocycles. The fourth-order valence-electron chi connectivity index (χ4n) is 2.75. The number of sulfonamides is 1. The fraction of sp³-hybridized carbons (Fsp3) is 0.227. The van der Waals surface area contributed by atoms with E-state index in [0.29, 0.717) is 5.75 Å². The summed E-state index contributed by atoms with van der Waals surface area (Å²) in [5.74, 6) is 0.0771. The topological polar surface area (TPSA) is 101 Å². The van der Waals surface area contributed by atoms with Crippen LogP contribution in [0.4, 0.5) is 5.82 Å². The monoisotopic (exact) mass is 440 g/mol. The maximum absolute atomic E-state index is 12.8. The number of benzene rings is 1. The van der Waals surface area contributed by atoms with Crippen LogP contribution >= 0.6 is 0 Å². The van der Waals surface area contributed by atoms with Gasteiger partial charge in [-0.1, -0.05) is 6.07 Å². The molecule has 0 aliphatic carbocycles. The van der Waals surface area contributed by atoms with Crippen LogP contribution in [0.2, 0.25) is 0 Å². The number of carbonyl (C=O) groups is 1. The zero-order chi connectivity index (χ0) is 22.4. The Labute approximate surface area is 182 Å². The predicted molar refractivity (Wildman–Crippen MR) is 117 cm³/mol. The summed E-state index contributed by atoms with van der Waals surface area (Å²) in [6.45, 7) is 3.66. The van der Waals surface area contributed by atoms with E-state index in [1.54, 1.807) is 36.7 Å².